The monoisotopic (exact) mass is 219 g/mol. The van der Waals surface area contributed by atoms with Crippen molar-refractivity contribution in [1.29, 1.82) is 0 Å². The van der Waals surface area contributed by atoms with Gasteiger partial charge in [-0.2, -0.15) is 0 Å². The molecule has 0 unspecified atom stereocenters. The highest BCUT2D eigenvalue weighted by Gasteiger charge is 2.11. The van der Waals surface area contributed by atoms with Crippen molar-refractivity contribution >= 4 is 5.65 Å². The van der Waals surface area contributed by atoms with E-state index in [1.54, 1.807) is 0 Å². The first-order valence-electron chi connectivity index (χ1n) is 5.61. The summed E-state index contributed by atoms with van der Waals surface area (Å²) in [6, 6.07) is 0. The minimum Gasteiger partial charge on any atom is -0.475 e. The predicted octanol–water partition coefficient (Wildman–Crippen LogP) is 2.56. The zero-order chi connectivity index (χ0) is 11.7. The number of nitrogens with zero attached hydrogens (tertiary/aromatic N) is 3. The second kappa shape index (κ2) is 4.12. The van der Waals surface area contributed by atoms with E-state index in [0.29, 0.717) is 18.4 Å². The molecule has 16 heavy (non-hydrogen) atoms. The molecule has 4 heteroatoms. The molecule has 86 valence electrons. The summed E-state index contributed by atoms with van der Waals surface area (Å²) in [6.45, 7) is 8.77. The number of fused-ring (bicyclic) bond motifs is 1. The Kier molecular flexibility index (Phi) is 2.81. The molecule has 2 aromatic heterocycles. The molecule has 0 aliphatic heterocycles. The fourth-order valence-corrected chi connectivity index (χ4v) is 1.62. The van der Waals surface area contributed by atoms with Crippen LogP contribution >= 0.6 is 0 Å². The summed E-state index contributed by atoms with van der Waals surface area (Å²) in [6.07, 6.45) is 4.01. The van der Waals surface area contributed by atoms with Crippen molar-refractivity contribution in [1.82, 2.24) is 14.4 Å². The number of aromatic nitrogens is 3. The van der Waals surface area contributed by atoms with E-state index < -0.39 is 0 Å². The maximum absolute atomic E-state index is 5.53. The van der Waals surface area contributed by atoms with Crippen molar-refractivity contribution in [3.05, 3.63) is 23.8 Å². The molecule has 0 radical (unpaired) electrons. The topological polar surface area (TPSA) is 39.4 Å². The lowest BCUT2D eigenvalue weighted by Gasteiger charge is -2.09. The third-order valence-corrected chi connectivity index (χ3v) is 2.42. The Labute approximate surface area is 95.3 Å². The van der Waals surface area contributed by atoms with Gasteiger partial charge in [0, 0.05) is 12.4 Å². The number of hydrogen-bond donors (Lipinski definition) is 0. The van der Waals surface area contributed by atoms with Crippen molar-refractivity contribution in [3.8, 4) is 5.88 Å². The number of rotatable bonds is 3. The van der Waals surface area contributed by atoms with E-state index in [0.717, 1.165) is 17.0 Å². The summed E-state index contributed by atoms with van der Waals surface area (Å²) in [5, 5.41) is 0. The molecule has 0 spiro atoms. The average molecular weight is 219 g/mol. The van der Waals surface area contributed by atoms with E-state index in [-0.39, 0.29) is 0 Å². The number of hydrogen-bond acceptors (Lipinski definition) is 3. The summed E-state index contributed by atoms with van der Waals surface area (Å²) >= 11 is 0. The molecule has 0 atom stereocenters. The quantitative estimate of drug-likeness (QED) is 0.796. The molecule has 0 saturated heterocycles. The van der Waals surface area contributed by atoms with Crippen molar-refractivity contribution < 1.29 is 4.74 Å². The van der Waals surface area contributed by atoms with Gasteiger partial charge >= 0.3 is 0 Å². The number of imidazole rings is 1. The van der Waals surface area contributed by atoms with E-state index in [4.69, 9.17) is 4.74 Å². The van der Waals surface area contributed by atoms with Crippen LogP contribution in [0.15, 0.2) is 12.4 Å². The molecule has 0 bridgehead atoms. The summed E-state index contributed by atoms with van der Waals surface area (Å²) < 4.78 is 7.52. The Balaban J connectivity index is 2.63. The van der Waals surface area contributed by atoms with Crippen molar-refractivity contribution in [2.45, 2.75) is 33.6 Å². The van der Waals surface area contributed by atoms with Gasteiger partial charge in [-0.05, 0) is 19.8 Å². The Hall–Kier alpha value is -1.58. The molecule has 0 fully saturated rings. The molecule has 2 aromatic rings. The Bertz CT molecular complexity index is 502. The number of aryl methyl sites for hydroxylation is 1. The van der Waals surface area contributed by atoms with Crippen LogP contribution in [-0.4, -0.2) is 21.0 Å². The average Bonchev–Trinajstić information content (AvgIpc) is 2.58. The second-order valence-electron chi connectivity index (χ2n) is 4.17. The standard InChI is InChI=1S/C12H17N3O/c1-5-16-12-11-13-9(4)6-15(11)7-10(14-12)8(2)3/h6-8H,5H2,1-4H3. The predicted molar refractivity (Wildman–Crippen MR) is 63.0 cm³/mol. The molecule has 0 N–H and O–H groups in total. The van der Waals surface area contributed by atoms with Crippen LogP contribution in [0.2, 0.25) is 0 Å². The lowest BCUT2D eigenvalue weighted by atomic mass is 10.1. The summed E-state index contributed by atoms with van der Waals surface area (Å²) in [5.41, 5.74) is 2.79. The van der Waals surface area contributed by atoms with Gasteiger partial charge in [-0.1, -0.05) is 13.8 Å². The van der Waals surface area contributed by atoms with E-state index in [1.807, 2.05) is 30.6 Å². The molecule has 2 heterocycles. The van der Waals surface area contributed by atoms with Crippen LogP contribution in [0.25, 0.3) is 5.65 Å². The van der Waals surface area contributed by atoms with Gasteiger partial charge in [0.1, 0.15) is 0 Å². The highest BCUT2D eigenvalue weighted by molar-refractivity contribution is 5.50. The van der Waals surface area contributed by atoms with Gasteiger partial charge in [0.05, 0.1) is 18.0 Å². The molecular weight excluding hydrogens is 202 g/mol. The Morgan fingerprint density at radius 1 is 1.31 bits per heavy atom. The van der Waals surface area contributed by atoms with E-state index in [9.17, 15) is 0 Å². The van der Waals surface area contributed by atoms with Crippen molar-refractivity contribution in [2.24, 2.45) is 0 Å². The van der Waals surface area contributed by atoms with Gasteiger partial charge in [0.15, 0.2) is 0 Å². The van der Waals surface area contributed by atoms with E-state index >= 15 is 0 Å². The van der Waals surface area contributed by atoms with E-state index in [2.05, 4.69) is 23.8 Å². The fraction of sp³-hybridized carbons (Fsp3) is 0.500. The van der Waals surface area contributed by atoms with Gasteiger partial charge in [0.2, 0.25) is 5.65 Å². The van der Waals surface area contributed by atoms with Crippen LogP contribution in [0.1, 0.15) is 38.1 Å². The van der Waals surface area contributed by atoms with E-state index in [1.165, 1.54) is 0 Å². The fourth-order valence-electron chi connectivity index (χ4n) is 1.62. The first-order chi connectivity index (χ1) is 7.61. The van der Waals surface area contributed by atoms with Gasteiger partial charge in [-0.3, -0.25) is 0 Å². The van der Waals surface area contributed by atoms with Gasteiger partial charge in [-0.15, -0.1) is 0 Å². The maximum atomic E-state index is 5.53. The zero-order valence-electron chi connectivity index (χ0n) is 10.2. The maximum Gasteiger partial charge on any atom is 0.258 e. The van der Waals surface area contributed by atoms with Crippen LogP contribution in [0, 0.1) is 6.92 Å². The minimum absolute atomic E-state index is 0.381. The second-order valence-corrected chi connectivity index (χ2v) is 4.17. The Morgan fingerprint density at radius 3 is 2.69 bits per heavy atom. The molecule has 0 aliphatic carbocycles. The molecule has 2 rings (SSSR count). The Morgan fingerprint density at radius 2 is 2.06 bits per heavy atom. The molecule has 0 aliphatic rings. The SMILES string of the molecule is CCOc1nc(C(C)C)cn2cc(C)nc12. The van der Waals surface area contributed by atoms with Crippen molar-refractivity contribution in [2.75, 3.05) is 6.61 Å². The number of ether oxygens (including phenoxy) is 1. The van der Waals surface area contributed by atoms with Crippen molar-refractivity contribution in [3.63, 3.8) is 0 Å². The van der Waals surface area contributed by atoms with Crippen LogP contribution in [0.5, 0.6) is 5.88 Å². The summed E-state index contributed by atoms with van der Waals surface area (Å²) in [5.74, 6) is 1.01. The smallest absolute Gasteiger partial charge is 0.258 e. The van der Waals surface area contributed by atoms with Gasteiger partial charge in [0.25, 0.3) is 5.88 Å². The zero-order valence-corrected chi connectivity index (χ0v) is 10.2. The lowest BCUT2D eigenvalue weighted by Crippen LogP contribution is -2.03. The van der Waals surface area contributed by atoms with Gasteiger partial charge < -0.3 is 9.14 Å². The third kappa shape index (κ3) is 1.87. The normalized spacial score (nSPS) is 11.3. The first kappa shape index (κ1) is 10.9. The largest absolute Gasteiger partial charge is 0.475 e. The highest BCUT2D eigenvalue weighted by Crippen LogP contribution is 2.21. The van der Waals surface area contributed by atoms with Crippen LogP contribution < -0.4 is 4.74 Å². The molecule has 0 saturated carbocycles. The van der Waals surface area contributed by atoms with Gasteiger partial charge in [-0.25, -0.2) is 9.97 Å². The third-order valence-electron chi connectivity index (χ3n) is 2.42. The molecule has 0 amide bonds. The lowest BCUT2D eigenvalue weighted by molar-refractivity contribution is 0.327. The summed E-state index contributed by atoms with van der Waals surface area (Å²) in [4.78, 5) is 8.91. The molecule has 4 nitrogen and oxygen atoms in total. The summed E-state index contributed by atoms with van der Waals surface area (Å²) in [7, 11) is 0. The minimum atomic E-state index is 0.381. The first-order valence-corrected chi connectivity index (χ1v) is 5.61. The van der Waals surface area contributed by atoms with Crippen LogP contribution in [-0.2, 0) is 0 Å². The molecular formula is C12H17N3O. The molecule has 0 aromatic carbocycles. The highest BCUT2D eigenvalue weighted by atomic mass is 16.5. The van der Waals surface area contributed by atoms with Crippen LogP contribution in [0.4, 0.5) is 0 Å². The van der Waals surface area contributed by atoms with Crippen LogP contribution in [0.3, 0.4) is 0 Å².